The van der Waals surface area contributed by atoms with Gasteiger partial charge in [-0.15, -0.1) is 0 Å². The molecule has 0 saturated heterocycles. The molecular formula is C13H16F3NO2. The molecule has 0 radical (unpaired) electrons. The lowest BCUT2D eigenvalue weighted by Gasteiger charge is -2.21. The van der Waals surface area contributed by atoms with Crippen molar-refractivity contribution in [1.82, 2.24) is 0 Å². The van der Waals surface area contributed by atoms with E-state index in [1.54, 1.807) is 20.8 Å². The third kappa shape index (κ3) is 4.24. The van der Waals surface area contributed by atoms with Crippen LogP contribution in [-0.2, 0) is 17.5 Å². The Balaban J connectivity index is 3.26. The molecule has 19 heavy (non-hydrogen) atoms. The van der Waals surface area contributed by atoms with Gasteiger partial charge in [-0.3, -0.25) is 0 Å². The molecule has 106 valence electrons. The average Bonchev–Trinajstić information content (AvgIpc) is 2.24. The normalized spacial score (nSPS) is 12.4. The third-order valence-electron chi connectivity index (χ3n) is 2.24. The molecule has 0 aromatic heterocycles. The first kappa shape index (κ1) is 15.5. The molecule has 0 aliphatic rings. The lowest BCUT2D eigenvalue weighted by atomic mass is 10.0. The van der Waals surface area contributed by atoms with E-state index in [1.165, 1.54) is 6.07 Å². The van der Waals surface area contributed by atoms with Crippen LogP contribution in [0.5, 0.6) is 0 Å². The van der Waals surface area contributed by atoms with E-state index in [4.69, 9.17) is 10.5 Å². The van der Waals surface area contributed by atoms with E-state index < -0.39 is 28.9 Å². The number of halogens is 3. The van der Waals surface area contributed by atoms with Crippen LogP contribution >= 0.6 is 0 Å². The molecule has 0 aliphatic heterocycles. The molecule has 0 fully saturated rings. The second-order valence-corrected chi connectivity index (χ2v) is 5.08. The van der Waals surface area contributed by atoms with Gasteiger partial charge in [0, 0.05) is 6.54 Å². The van der Waals surface area contributed by atoms with Crippen LogP contribution in [0.3, 0.4) is 0 Å². The van der Waals surface area contributed by atoms with Crippen LogP contribution in [0.15, 0.2) is 18.2 Å². The summed E-state index contributed by atoms with van der Waals surface area (Å²) in [5.74, 6) is -1.00. The van der Waals surface area contributed by atoms with Crippen molar-refractivity contribution in [3.05, 3.63) is 34.9 Å². The Bertz CT molecular complexity index is 476. The summed E-state index contributed by atoms with van der Waals surface area (Å²) in [5.41, 5.74) is 3.42. The summed E-state index contributed by atoms with van der Waals surface area (Å²) in [6, 6.07) is 3.22. The summed E-state index contributed by atoms with van der Waals surface area (Å²) in [5, 5.41) is 0. The van der Waals surface area contributed by atoms with E-state index in [2.05, 4.69) is 0 Å². The Morgan fingerprint density at radius 3 is 2.26 bits per heavy atom. The molecule has 0 bridgehead atoms. The quantitative estimate of drug-likeness (QED) is 0.844. The van der Waals surface area contributed by atoms with Gasteiger partial charge in [-0.05, 0) is 38.5 Å². The van der Waals surface area contributed by atoms with Crippen LogP contribution in [0, 0.1) is 0 Å². The molecule has 0 aliphatic carbocycles. The Kier molecular flexibility index (Phi) is 4.25. The maximum Gasteiger partial charge on any atom is 0.417 e. The van der Waals surface area contributed by atoms with Gasteiger partial charge in [0.1, 0.15) is 5.60 Å². The maximum absolute atomic E-state index is 12.8. The fourth-order valence-electron chi connectivity index (χ4n) is 1.47. The minimum Gasteiger partial charge on any atom is -0.456 e. The van der Waals surface area contributed by atoms with Crippen LogP contribution in [-0.4, -0.2) is 11.6 Å². The molecule has 0 spiro atoms. The summed E-state index contributed by atoms with van der Waals surface area (Å²) in [6.45, 7) is 4.81. The van der Waals surface area contributed by atoms with Crippen molar-refractivity contribution < 1.29 is 22.7 Å². The Labute approximate surface area is 109 Å². The van der Waals surface area contributed by atoms with Gasteiger partial charge in [-0.1, -0.05) is 6.07 Å². The standard InChI is InChI=1S/C13H16F3NO2/c1-12(2,3)19-11(18)9-6-8(7-17)4-5-10(9)13(14,15)16/h4-6H,7,17H2,1-3H3. The number of esters is 1. The second kappa shape index (κ2) is 5.21. The van der Waals surface area contributed by atoms with Gasteiger partial charge in [0.15, 0.2) is 0 Å². The summed E-state index contributed by atoms with van der Waals surface area (Å²) < 4.78 is 43.5. The molecule has 0 amide bonds. The number of hydrogen-bond donors (Lipinski definition) is 1. The smallest absolute Gasteiger partial charge is 0.417 e. The van der Waals surface area contributed by atoms with Gasteiger partial charge < -0.3 is 10.5 Å². The number of rotatable bonds is 2. The first-order valence-corrected chi connectivity index (χ1v) is 5.68. The maximum atomic E-state index is 12.8. The molecule has 1 rings (SSSR count). The Hall–Kier alpha value is -1.56. The van der Waals surface area contributed by atoms with Crippen molar-refractivity contribution in [3.8, 4) is 0 Å². The molecular weight excluding hydrogens is 259 g/mol. The van der Waals surface area contributed by atoms with E-state index in [-0.39, 0.29) is 6.54 Å². The van der Waals surface area contributed by atoms with Gasteiger partial charge in [0.05, 0.1) is 11.1 Å². The van der Waals surface area contributed by atoms with Crippen molar-refractivity contribution >= 4 is 5.97 Å². The zero-order valence-corrected chi connectivity index (χ0v) is 11.0. The summed E-state index contributed by atoms with van der Waals surface area (Å²) in [7, 11) is 0. The van der Waals surface area contributed by atoms with Crippen molar-refractivity contribution in [3.63, 3.8) is 0 Å². The molecule has 1 aromatic carbocycles. The first-order chi connectivity index (χ1) is 8.54. The highest BCUT2D eigenvalue weighted by Gasteiger charge is 2.36. The molecule has 2 N–H and O–H groups in total. The highest BCUT2D eigenvalue weighted by Crippen LogP contribution is 2.33. The van der Waals surface area contributed by atoms with E-state index in [0.717, 1.165) is 12.1 Å². The number of alkyl halides is 3. The molecule has 1 aromatic rings. The predicted octanol–water partition coefficient (Wildman–Crippen LogP) is 3.12. The minimum atomic E-state index is -4.61. The number of hydrogen-bond acceptors (Lipinski definition) is 3. The zero-order valence-electron chi connectivity index (χ0n) is 11.0. The SMILES string of the molecule is CC(C)(C)OC(=O)c1cc(CN)ccc1C(F)(F)F. The molecule has 6 heteroatoms. The second-order valence-electron chi connectivity index (χ2n) is 5.08. The third-order valence-corrected chi connectivity index (χ3v) is 2.24. The number of carbonyl (C=O) groups excluding carboxylic acids is 1. The fraction of sp³-hybridized carbons (Fsp3) is 0.462. The molecule has 0 atom stereocenters. The Morgan fingerprint density at radius 2 is 1.84 bits per heavy atom. The molecule has 0 unspecified atom stereocenters. The van der Waals surface area contributed by atoms with Gasteiger partial charge in [-0.2, -0.15) is 13.2 Å². The number of ether oxygens (including phenoxy) is 1. The summed E-state index contributed by atoms with van der Waals surface area (Å²) >= 11 is 0. The Morgan fingerprint density at radius 1 is 1.26 bits per heavy atom. The molecule has 0 saturated carbocycles. The summed E-state index contributed by atoms with van der Waals surface area (Å²) in [6.07, 6.45) is -4.61. The van der Waals surface area contributed by atoms with E-state index in [0.29, 0.717) is 5.56 Å². The van der Waals surface area contributed by atoms with E-state index >= 15 is 0 Å². The van der Waals surface area contributed by atoms with Crippen LogP contribution < -0.4 is 5.73 Å². The lowest BCUT2D eigenvalue weighted by Crippen LogP contribution is -2.26. The van der Waals surface area contributed by atoms with Crippen molar-refractivity contribution in [1.29, 1.82) is 0 Å². The van der Waals surface area contributed by atoms with Crippen molar-refractivity contribution in [2.45, 2.75) is 39.1 Å². The van der Waals surface area contributed by atoms with Gasteiger partial charge >= 0.3 is 12.1 Å². The van der Waals surface area contributed by atoms with Crippen LogP contribution in [0.2, 0.25) is 0 Å². The topological polar surface area (TPSA) is 52.3 Å². The predicted molar refractivity (Wildman–Crippen MR) is 64.5 cm³/mol. The highest BCUT2D eigenvalue weighted by molar-refractivity contribution is 5.91. The van der Waals surface area contributed by atoms with Gasteiger partial charge in [-0.25, -0.2) is 4.79 Å². The van der Waals surface area contributed by atoms with Gasteiger partial charge in [0.25, 0.3) is 0 Å². The van der Waals surface area contributed by atoms with Crippen LogP contribution in [0.25, 0.3) is 0 Å². The minimum absolute atomic E-state index is 0.0495. The van der Waals surface area contributed by atoms with E-state index in [1.807, 2.05) is 0 Å². The number of benzene rings is 1. The average molecular weight is 275 g/mol. The largest absolute Gasteiger partial charge is 0.456 e. The highest BCUT2D eigenvalue weighted by atomic mass is 19.4. The first-order valence-electron chi connectivity index (χ1n) is 5.68. The molecule has 0 heterocycles. The zero-order chi connectivity index (χ0) is 14.8. The lowest BCUT2D eigenvalue weighted by molar-refractivity contribution is -0.138. The van der Waals surface area contributed by atoms with Crippen molar-refractivity contribution in [2.75, 3.05) is 0 Å². The number of nitrogens with two attached hydrogens (primary N) is 1. The van der Waals surface area contributed by atoms with Crippen molar-refractivity contribution in [2.24, 2.45) is 5.73 Å². The molecule has 3 nitrogen and oxygen atoms in total. The fourth-order valence-corrected chi connectivity index (χ4v) is 1.47. The van der Waals surface area contributed by atoms with E-state index in [9.17, 15) is 18.0 Å². The summed E-state index contributed by atoms with van der Waals surface area (Å²) in [4.78, 5) is 11.8. The monoisotopic (exact) mass is 275 g/mol. The van der Waals surface area contributed by atoms with Crippen LogP contribution in [0.4, 0.5) is 13.2 Å². The van der Waals surface area contributed by atoms with Gasteiger partial charge in [0.2, 0.25) is 0 Å². The van der Waals surface area contributed by atoms with Crippen LogP contribution in [0.1, 0.15) is 42.3 Å². The number of carbonyl (C=O) groups is 1.